The number of nitro benzene ring substituents is 1. The predicted molar refractivity (Wildman–Crippen MR) is 114 cm³/mol. The summed E-state index contributed by atoms with van der Waals surface area (Å²) in [5, 5.41) is 16.8. The Morgan fingerprint density at radius 1 is 1.07 bits per heavy atom. The van der Waals surface area contributed by atoms with Crippen LogP contribution in [0.5, 0.6) is 5.75 Å². The second-order valence-electron chi connectivity index (χ2n) is 5.97. The van der Waals surface area contributed by atoms with E-state index in [2.05, 4.69) is 10.6 Å². The number of ether oxygens (including phenoxy) is 1. The molecule has 0 aliphatic heterocycles. The Bertz CT molecular complexity index is 1040. The number of nitrogens with zero attached hydrogens (tertiary/aromatic N) is 1. The number of non-ortho nitro benzene ring substituents is 1. The molecule has 0 atom stereocenters. The van der Waals surface area contributed by atoms with Crippen molar-refractivity contribution in [2.45, 2.75) is 9.79 Å². The molecular weight excluding hydrogens is 390 g/mol. The van der Waals surface area contributed by atoms with Crippen molar-refractivity contribution in [1.82, 2.24) is 0 Å². The van der Waals surface area contributed by atoms with Gasteiger partial charge in [-0.1, -0.05) is 23.9 Å². The topological polar surface area (TPSA) is 93.5 Å². The average molecular weight is 409 g/mol. The van der Waals surface area contributed by atoms with Crippen LogP contribution in [0.3, 0.4) is 0 Å². The lowest BCUT2D eigenvalue weighted by atomic mass is 10.1. The molecular formula is C21H19N3O4S. The number of carbonyl (C=O) groups excluding carboxylic acids is 1. The van der Waals surface area contributed by atoms with E-state index in [9.17, 15) is 14.9 Å². The molecule has 0 bridgehead atoms. The third kappa shape index (κ3) is 4.85. The van der Waals surface area contributed by atoms with Gasteiger partial charge < -0.3 is 15.4 Å². The zero-order chi connectivity index (χ0) is 20.8. The van der Waals surface area contributed by atoms with E-state index in [1.54, 1.807) is 44.5 Å². The minimum Gasteiger partial charge on any atom is -0.495 e. The second kappa shape index (κ2) is 9.11. The fourth-order valence-corrected chi connectivity index (χ4v) is 3.58. The summed E-state index contributed by atoms with van der Waals surface area (Å²) < 4.78 is 5.30. The number of amides is 1. The molecule has 0 unspecified atom stereocenters. The largest absolute Gasteiger partial charge is 0.495 e. The minimum atomic E-state index is -0.442. The van der Waals surface area contributed by atoms with Crippen LogP contribution in [0.1, 0.15) is 10.4 Å². The van der Waals surface area contributed by atoms with Gasteiger partial charge in [0.15, 0.2) is 0 Å². The van der Waals surface area contributed by atoms with E-state index in [0.717, 1.165) is 15.5 Å². The maximum absolute atomic E-state index is 13.0. The maximum atomic E-state index is 13.0. The Morgan fingerprint density at radius 2 is 1.79 bits per heavy atom. The van der Waals surface area contributed by atoms with Crippen molar-refractivity contribution in [2.24, 2.45) is 0 Å². The average Bonchev–Trinajstić information content (AvgIpc) is 2.74. The van der Waals surface area contributed by atoms with Crippen LogP contribution in [0.25, 0.3) is 0 Å². The first kappa shape index (κ1) is 20.2. The van der Waals surface area contributed by atoms with Crippen LogP contribution in [0, 0.1) is 10.1 Å². The summed E-state index contributed by atoms with van der Waals surface area (Å²) in [7, 11) is 3.32. The standard InChI is InChI=1S/C21H19N3O4S/c1-22-14-7-12-20(29-16-10-8-15(9-11-16)24(26)27)17(13-14)21(25)23-18-5-3-4-6-19(18)28-2/h3-13,22H,1-2H3,(H,23,25). The molecule has 0 fully saturated rings. The molecule has 3 aromatic rings. The van der Waals surface area contributed by atoms with Gasteiger partial charge in [-0.05, 0) is 42.5 Å². The fourth-order valence-electron chi connectivity index (χ4n) is 2.65. The van der Waals surface area contributed by atoms with E-state index >= 15 is 0 Å². The second-order valence-corrected chi connectivity index (χ2v) is 7.08. The molecule has 3 rings (SSSR count). The monoisotopic (exact) mass is 409 g/mol. The highest BCUT2D eigenvalue weighted by atomic mass is 32.2. The number of nitrogens with one attached hydrogen (secondary N) is 2. The first-order chi connectivity index (χ1) is 14.0. The number of rotatable bonds is 7. The third-order valence-electron chi connectivity index (χ3n) is 4.14. The first-order valence-corrected chi connectivity index (χ1v) is 9.52. The number of benzene rings is 3. The molecule has 0 aliphatic carbocycles. The molecule has 7 nitrogen and oxygen atoms in total. The van der Waals surface area contributed by atoms with Crippen molar-refractivity contribution >= 4 is 34.7 Å². The molecule has 1 amide bonds. The number of para-hydroxylation sites is 2. The minimum absolute atomic E-state index is 0.0222. The van der Waals surface area contributed by atoms with Crippen LogP contribution in [0.15, 0.2) is 76.5 Å². The van der Waals surface area contributed by atoms with Gasteiger partial charge in [-0.15, -0.1) is 0 Å². The summed E-state index contributed by atoms with van der Waals surface area (Å²) in [6.45, 7) is 0. The van der Waals surface area contributed by atoms with Crippen LogP contribution in [0.2, 0.25) is 0 Å². The summed E-state index contributed by atoms with van der Waals surface area (Å²) in [5.74, 6) is 0.284. The summed E-state index contributed by atoms with van der Waals surface area (Å²) in [5.41, 5.74) is 1.87. The summed E-state index contributed by atoms with van der Waals surface area (Å²) in [6.07, 6.45) is 0. The van der Waals surface area contributed by atoms with E-state index < -0.39 is 4.92 Å². The van der Waals surface area contributed by atoms with Crippen LogP contribution in [-0.4, -0.2) is 25.0 Å². The van der Waals surface area contributed by atoms with Gasteiger partial charge in [-0.3, -0.25) is 14.9 Å². The highest BCUT2D eigenvalue weighted by molar-refractivity contribution is 7.99. The molecule has 2 N–H and O–H groups in total. The fraction of sp³-hybridized carbons (Fsp3) is 0.0952. The molecule has 0 radical (unpaired) electrons. The molecule has 0 saturated carbocycles. The van der Waals surface area contributed by atoms with Gasteiger partial charge in [-0.2, -0.15) is 0 Å². The molecule has 148 valence electrons. The summed E-state index contributed by atoms with van der Waals surface area (Å²) in [6, 6.07) is 18.9. The zero-order valence-electron chi connectivity index (χ0n) is 15.8. The van der Waals surface area contributed by atoms with E-state index in [-0.39, 0.29) is 11.6 Å². The van der Waals surface area contributed by atoms with Crippen molar-refractivity contribution in [1.29, 1.82) is 0 Å². The highest BCUT2D eigenvalue weighted by Gasteiger charge is 2.16. The number of hydrogen-bond donors (Lipinski definition) is 2. The Balaban J connectivity index is 1.90. The van der Waals surface area contributed by atoms with Gasteiger partial charge in [0, 0.05) is 34.7 Å². The first-order valence-electron chi connectivity index (χ1n) is 8.70. The predicted octanol–water partition coefficient (Wildman–Crippen LogP) is 5.05. The van der Waals surface area contributed by atoms with Crippen molar-refractivity contribution in [2.75, 3.05) is 24.8 Å². The number of hydrogen-bond acceptors (Lipinski definition) is 6. The molecule has 3 aromatic carbocycles. The third-order valence-corrected chi connectivity index (χ3v) is 5.23. The molecule has 0 aliphatic rings. The van der Waals surface area contributed by atoms with Crippen molar-refractivity contribution in [3.05, 3.63) is 82.4 Å². The lowest BCUT2D eigenvalue weighted by Crippen LogP contribution is -2.14. The van der Waals surface area contributed by atoms with E-state index in [4.69, 9.17) is 4.74 Å². The number of methoxy groups -OCH3 is 1. The van der Waals surface area contributed by atoms with E-state index in [1.165, 1.54) is 23.9 Å². The van der Waals surface area contributed by atoms with Gasteiger partial charge in [0.25, 0.3) is 11.6 Å². The summed E-state index contributed by atoms with van der Waals surface area (Å²) in [4.78, 5) is 24.9. The normalized spacial score (nSPS) is 10.3. The zero-order valence-corrected chi connectivity index (χ0v) is 16.7. The quantitative estimate of drug-likeness (QED) is 0.419. The van der Waals surface area contributed by atoms with Gasteiger partial charge in [0.1, 0.15) is 5.75 Å². The van der Waals surface area contributed by atoms with Crippen molar-refractivity contribution < 1.29 is 14.5 Å². The smallest absolute Gasteiger partial charge is 0.269 e. The van der Waals surface area contributed by atoms with Crippen LogP contribution >= 0.6 is 11.8 Å². The van der Waals surface area contributed by atoms with Crippen molar-refractivity contribution in [3.8, 4) is 5.75 Å². The molecule has 0 aromatic heterocycles. The Hall–Kier alpha value is -3.52. The van der Waals surface area contributed by atoms with Crippen LogP contribution in [0.4, 0.5) is 17.1 Å². The summed E-state index contributed by atoms with van der Waals surface area (Å²) >= 11 is 1.36. The van der Waals surface area contributed by atoms with Crippen LogP contribution < -0.4 is 15.4 Å². The molecule has 0 spiro atoms. The number of nitro groups is 1. The molecule has 0 heterocycles. The van der Waals surface area contributed by atoms with Gasteiger partial charge in [-0.25, -0.2) is 0 Å². The maximum Gasteiger partial charge on any atom is 0.269 e. The van der Waals surface area contributed by atoms with E-state index in [0.29, 0.717) is 17.0 Å². The Kier molecular flexibility index (Phi) is 6.36. The van der Waals surface area contributed by atoms with Gasteiger partial charge >= 0.3 is 0 Å². The van der Waals surface area contributed by atoms with Gasteiger partial charge in [0.2, 0.25) is 0 Å². The molecule has 8 heteroatoms. The highest BCUT2D eigenvalue weighted by Crippen LogP contribution is 2.34. The molecule has 0 saturated heterocycles. The van der Waals surface area contributed by atoms with Crippen molar-refractivity contribution in [3.63, 3.8) is 0 Å². The Morgan fingerprint density at radius 3 is 2.45 bits per heavy atom. The van der Waals surface area contributed by atoms with E-state index in [1.807, 2.05) is 24.3 Å². The van der Waals surface area contributed by atoms with Crippen LogP contribution in [-0.2, 0) is 0 Å². The SMILES string of the molecule is CNc1ccc(Sc2ccc([N+](=O)[O-])cc2)c(C(=O)Nc2ccccc2OC)c1. The lowest BCUT2D eigenvalue weighted by molar-refractivity contribution is -0.384. The lowest BCUT2D eigenvalue weighted by Gasteiger charge is -2.14. The number of anilines is 2. The number of carbonyl (C=O) groups is 1. The Labute approximate surface area is 172 Å². The van der Waals surface area contributed by atoms with Gasteiger partial charge in [0.05, 0.1) is 23.3 Å². The molecule has 29 heavy (non-hydrogen) atoms.